The Hall–Kier alpha value is -2.75. The van der Waals surface area contributed by atoms with Crippen molar-refractivity contribution in [3.8, 4) is 11.3 Å². The van der Waals surface area contributed by atoms with Crippen LogP contribution in [0.4, 0.5) is 0 Å². The first-order chi connectivity index (χ1) is 12.8. The Bertz CT molecular complexity index is 1080. The first kappa shape index (κ1) is 15.5. The number of fused-ring (bicyclic) bond motifs is 3. The fourth-order valence-corrected chi connectivity index (χ4v) is 4.23. The summed E-state index contributed by atoms with van der Waals surface area (Å²) in [7, 11) is 0. The number of para-hydroxylation sites is 1. The third kappa shape index (κ3) is 2.48. The summed E-state index contributed by atoms with van der Waals surface area (Å²) in [6.07, 6.45) is 8.12. The number of aryl methyl sites for hydroxylation is 1. The molecule has 0 unspecified atom stereocenters. The van der Waals surface area contributed by atoms with Gasteiger partial charge in [0, 0.05) is 23.1 Å². The predicted molar refractivity (Wildman–Crippen MR) is 103 cm³/mol. The van der Waals surface area contributed by atoms with E-state index in [1.165, 1.54) is 37.8 Å². The molecule has 0 saturated heterocycles. The van der Waals surface area contributed by atoms with Crippen molar-refractivity contribution in [2.24, 2.45) is 0 Å². The van der Waals surface area contributed by atoms with Crippen molar-refractivity contribution in [3.63, 3.8) is 0 Å². The molecule has 4 nitrogen and oxygen atoms in total. The first-order valence-corrected chi connectivity index (χ1v) is 9.42. The summed E-state index contributed by atoms with van der Waals surface area (Å²) >= 11 is 0. The van der Waals surface area contributed by atoms with Gasteiger partial charge in [-0.2, -0.15) is 4.98 Å². The molecule has 5 rings (SSSR count). The van der Waals surface area contributed by atoms with Gasteiger partial charge < -0.3 is 4.42 Å². The van der Waals surface area contributed by atoms with Crippen molar-refractivity contribution in [1.29, 1.82) is 0 Å². The Morgan fingerprint density at radius 1 is 0.962 bits per heavy atom. The van der Waals surface area contributed by atoms with Crippen molar-refractivity contribution in [2.75, 3.05) is 0 Å². The molecule has 1 fully saturated rings. The van der Waals surface area contributed by atoms with Crippen LogP contribution < -0.4 is 0 Å². The molecule has 1 aliphatic rings. The average Bonchev–Trinajstić information content (AvgIpc) is 3.07. The van der Waals surface area contributed by atoms with Gasteiger partial charge in [0.05, 0.1) is 16.8 Å². The highest BCUT2D eigenvalue weighted by Gasteiger charge is 2.24. The summed E-state index contributed by atoms with van der Waals surface area (Å²) < 4.78 is 6.26. The minimum Gasteiger partial charge on any atom is -0.437 e. The smallest absolute Gasteiger partial charge is 0.230 e. The van der Waals surface area contributed by atoms with Crippen molar-refractivity contribution in [3.05, 3.63) is 54.1 Å². The lowest BCUT2D eigenvalue weighted by atomic mass is 9.85. The summed E-state index contributed by atoms with van der Waals surface area (Å²) in [5.74, 6) is 1.30. The second kappa shape index (κ2) is 6.20. The number of hydrogen-bond acceptors (Lipinski definition) is 4. The van der Waals surface area contributed by atoms with Gasteiger partial charge in [0.1, 0.15) is 11.4 Å². The number of pyridine rings is 1. The van der Waals surface area contributed by atoms with E-state index in [4.69, 9.17) is 9.40 Å². The van der Waals surface area contributed by atoms with Crippen LogP contribution >= 0.6 is 0 Å². The maximum absolute atomic E-state index is 6.26. The van der Waals surface area contributed by atoms with Gasteiger partial charge in [-0.3, -0.25) is 4.98 Å². The Morgan fingerprint density at radius 2 is 1.85 bits per heavy atom. The summed E-state index contributed by atoms with van der Waals surface area (Å²) in [4.78, 5) is 14.0. The van der Waals surface area contributed by atoms with Crippen LogP contribution in [0.5, 0.6) is 0 Å². The summed E-state index contributed by atoms with van der Waals surface area (Å²) in [5, 5.41) is 2.19. The maximum atomic E-state index is 6.26. The Labute approximate surface area is 152 Å². The molecule has 0 atom stereocenters. The molecule has 0 bridgehead atoms. The molecule has 4 aromatic rings. The molecule has 1 aromatic carbocycles. The minimum atomic E-state index is 0.507. The third-order valence-electron chi connectivity index (χ3n) is 5.43. The van der Waals surface area contributed by atoms with Crippen LogP contribution in [-0.2, 0) is 0 Å². The lowest BCUT2D eigenvalue weighted by Gasteiger charge is -2.21. The Balaban J connectivity index is 1.80. The molecule has 26 heavy (non-hydrogen) atoms. The van der Waals surface area contributed by atoms with Gasteiger partial charge in [0.25, 0.3) is 0 Å². The second-order valence-electron chi connectivity index (χ2n) is 7.17. The molecule has 4 heteroatoms. The normalized spacial score (nSPS) is 15.7. The van der Waals surface area contributed by atoms with Gasteiger partial charge in [0.2, 0.25) is 5.71 Å². The minimum absolute atomic E-state index is 0.507. The zero-order valence-electron chi connectivity index (χ0n) is 14.9. The predicted octanol–water partition coefficient (Wildman–Crippen LogP) is 5.79. The van der Waals surface area contributed by atoms with Crippen LogP contribution in [0.2, 0.25) is 0 Å². The number of rotatable bonds is 2. The van der Waals surface area contributed by atoms with E-state index in [1.807, 2.05) is 31.3 Å². The highest BCUT2D eigenvalue weighted by atomic mass is 16.3. The first-order valence-electron chi connectivity index (χ1n) is 9.42. The molecule has 3 aromatic heterocycles. The van der Waals surface area contributed by atoms with E-state index in [0.29, 0.717) is 11.6 Å². The quantitative estimate of drug-likeness (QED) is 0.462. The van der Waals surface area contributed by atoms with E-state index >= 15 is 0 Å². The second-order valence-corrected chi connectivity index (χ2v) is 7.17. The number of furan rings is 1. The van der Waals surface area contributed by atoms with Gasteiger partial charge in [-0.05, 0) is 38.0 Å². The molecule has 0 amide bonds. The van der Waals surface area contributed by atoms with E-state index in [0.717, 1.165) is 33.4 Å². The average molecular weight is 343 g/mol. The summed E-state index contributed by atoms with van der Waals surface area (Å²) in [6, 6.07) is 12.2. The zero-order valence-corrected chi connectivity index (χ0v) is 14.9. The molecule has 1 aliphatic carbocycles. The number of hydrogen-bond donors (Lipinski definition) is 0. The van der Waals surface area contributed by atoms with E-state index in [9.17, 15) is 0 Å². The standard InChI is InChI=1S/C22H21N3O/c1-14-24-20(15-8-3-2-4-9-15)19-17-11-7-10-16(18-12-5-6-13-23-18)21(17)26-22(19)25-14/h5-7,10-13,15H,2-4,8-9H2,1H3. The van der Waals surface area contributed by atoms with Crippen LogP contribution in [0.15, 0.2) is 47.0 Å². The van der Waals surface area contributed by atoms with E-state index in [2.05, 4.69) is 28.2 Å². The summed E-state index contributed by atoms with van der Waals surface area (Å²) in [5.41, 5.74) is 4.66. The van der Waals surface area contributed by atoms with Gasteiger partial charge in [0.15, 0.2) is 0 Å². The SMILES string of the molecule is Cc1nc(C2CCCCC2)c2c(n1)oc1c(-c3ccccn3)cccc12. The molecule has 0 spiro atoms. The van der Waals surface area contributed by atoms with Crippen molar-refractivity contribution in [2.45, 2.75) is 44.9 Å². The van der Waals surface area contributed by atoms with Crippen molar-refractivity contribution in [1.82, 2.24) is 15.0 Å². The van der Waals surface area contributed by atoms with E-state index < -0.39 is 0 Å². The van der Waals surface area contributed by atoms with Crippen LogP contribution in [0, 0.1) is 6.92 Å². The monoisotopic (exact) mass is 343 g/mol. The molecule has 3 heterocycles. The fraction of sp³-hybridized carbons (Fsp3) is 0.318. The maximum Gasteiger partial charge on any atom is 0.230 e. The number of aromatic nitrogens is 3. The third-order valence-corrected chi connectivity index (χ3v) is 5.43. The molecule has 1 saturated carbocycles. The van der Waals surface area contributed by atoms with Gasteiger partial charge in [-0.1, -0.05) is 37.5 Å². The fourth-order valence-electron chi connectivity index (χ4n) is 4.23. The lowest BCUT2D eigenvalue weighted by Crippen LogP contribution is -2.08. The van der Waals surface area contributed by atoms with Gasteiger partial charge in [-0.15, -0.1) is 0 Å². The van der Waals surface area contributed by atoms with Crippen LogP contribution in [0.25, 0.3) is 33.3 Å². The molecule has 0 aliphatic heterocycles. The van der Waals surface area contributed by atoms with Gasteiger partial charge in [-0.25, -0.2) is 4.98 Å². The molecular formula is C22H21N3O. The molecule has 0 N–H and O–H groups in total. The topological polar surface area (TPSA) is 51.8 Å². The number of benzene rings is 1. The number of nitrogens with zero attached hydrogens (tertiary/aromatic N) is 3. The lowest BCUT2D eigenvalue weighted by molar-refractivity contribution is 0.438. The van der Waals surface area contributed by atoms with Crippen molar-refractivity contribution < 1.29 is 4.42 Å². The Morgan fingerprint density at radius 3 is 2.65 bits per heavy atom. The molecule has 0 radical (unpaired) electrons. The highest BCUT2D eigenvalue weighted by Crippen LogP contribution is 2.40. The molecular weight excluding hydrogens is 322 g/mol. The van der Waals surface area contributed by atoms with Crippen LogP contribution in [0.3, 0.4) is 0 Å². The highest BCUT2D eigenvalue weighted by molar-refractivity contribution is 6.09. The van der Waals surface area contributed by atoms with E-state index in [1.54, 1.807) is 0 Å². The summed E-state index contributed by atoms with van der Waals surface area (Å²) in [6.45, 7) is 1.96. The largest absolute Gasteiger partial charge is 0.437 e. The van der Waals surface area contributed by atoms with E-state index in [-0.39, 0.29) is 0 Å². The Kier molecular flexibility index (Phi) is 3.70. The zero-order chi connectivity index (χ0) is 17.5. The van der Waals surface area contributed by atoms with Crippen LogP contribution in [-0.4, -0.2) is 15.0 Å². The van der Waals surface area contributed by atoms with Crippen molar-refractivity contribution >= 4 is 22.1 Å². The molecule has 130 valence electrons. The van der Waals surface area contributed by atoms with Crippen LogP contribution in [0.1, 0.15) is 49.5 Å². The van der Waals surface area contributed by atoms with Gasteiger partial charge >= 0.3 is 0 Å².